The van der Waals surface area contributed by atoms with Crippen molar-refractivity contribution in [3.8, 4) is 17.9 Å². The summed E-state index contributed by atoms with van der Waals surface area (Å²) >= 11 is 6.17. The smallest absolute Gasteiger partial charge is 0.310 e. The van der Waals surface area contributed by atoms with Crippen molar-refractivity contribution < 1.29 is 19.4 Å². The van der Waals surface area contributed by atoms with Gasteiger partial charge in [-0.3, -0.25) is 9.78 Å². The van der Waals surface area contributed by atoms with Crippen molar-refractivity contribution in [2.24, 2.45) is 11.8 Å². The van der Waals surface area contributed by atoms with Crippen LogP contribution in [0.15, 0.2) is 78.5 Å². The number of methoxy groups -OCH3 is 1. The van der Waals surface area contributed by atoms with Gasteiger partial charge in [0.05, 0.1) is 36.1 Å². The van der Waals surface area contributed by atoms with Crippen molar-refractivity contribution >= 4 is 17.6 Å². The molecule has 1 saturated carbocycles. The van der Waals surface area contributed by atoms with Crippen LogP contribution in [0.25, 0.3) is 0 Å². The molecule has 1 aromatic heterocycles. The molecule has 1 aromatic carbocycles. The second-order valence-corrected chi connectivity index (χ2v) is 8.80. The normalized spacial score (nSPS) is 29.0. The lowest BCUT2D eigenvalue weighted by Gasteiger charge is -2.40. The standard InChI is InChI=1S/C27H22ClN3O4/c1-4-17(13-29)11-10-16(2)27-23(18-8-6-5-7-9-18)22(25(32)34-3)20(14-30)26(27,33)24-21(35-27)12-19(28)15-31-24/h4-12,15,20,22-23,33H,2H2,1,3H3/b11-10-,17-4+/t20-,22-,23+,26+,27-/m0/s1. The lowest BCUT2D eigenvalue weighted by molar-refractivity contribution is -0.148. The number of fused-ring (bicyclic) bond motifs is 3. The molecule has 0 saturated heterocycles. The lowest BCUT2D eigenvalue weighted by Crippen LogP contribution is -2.54. The van der Waals surface area contributed by atoms with Crippen LogP contribution < -0.4 is 4.74 Å². The summed E-state index contributed by atoms with van der Waals surface area (Å²) in [5.41, 5.74) is -2.47. The molecule has 35 heavy (non-hydrogen) atoms. The minimum atomic E-state index is -2.08. The van der Waals surface area contributed by atoms with E-state index in [4.69, 9.17) is 21.1 Å². The molecule has 0 spiro atoms. The molecule has 0 bridgehead atoms. The summed E-state index contributed by atoms with van der Waals surface area (Å²) in [4.78, 5) is 17.5. The minimum absolute atomic E-state index is 0.0851. The number of halogens is 1. The fourth-order valence-electron chi connectivity index (χ4n) is 5.30. The largest absolute Gasteiger partial charge is 0.476 e. The van der Waals surface area contributed by atoms with Crippen molar-refractivity contribution in [1.29, 1.82) is 10.5 Å². The number of carbonyl (C=O) groups is 1. The zero-order valence-electron chi connectivity index (χ0n) is 19.1. The second kappa shape index (κ2) is 9.03. The molecule has 1 aliphatic heterocycles. The predicted octanol–water partition coefficient (Wildman–Crippen LogP) is 4.36. The number of allylic oxidation sites excluding steroid dienone is 3. The number of aliphatic hydroxyl groups is 1. The zero-order chi connectivity index (χ0) is 25.4. The highest BCUT2D eigenvalue weighted by atomic mass is 35.5. The Morgan fingerprint density at radius 1 is 1.31 bits per heavy atom. The van der Waals surface area contributed by atoms with Crippen molar-refractivity contribution in [1.82, 2.24) is 4.98 Å². The molecule has 2 aromatic rings. The first-order chi connectivity index (χ1) is 16.8. The Hall–Kier alpha value is -3.91. The van der Waals surface area contributed by atoms with E-state index in [0.717, 1.165) is 0 Å². The molecule has 8 heteroatoms. The maximum Gasteiger partial charge on any atom is 0.310 e. The minimum Gasteiger partial charge on any atom is -0.476 e. The molecule has 0 amide bonds. The molecular weight excluding hydrogens is 466 g/mol. The van der Waals surface area contributed by atoms with Crippen LogP contribution in [0.3, 0.4) is 0 Å². The summed E-state index contributed by atoms with van der Waals surface area (Å²) in [6, 6.07) is 14.7. The van der Waals surface area contributed by atoms with Crippen LogP contribution in [0.1, 0.15) is 24.1 Å². The predicted molar refractivity (Wildman–Crippen MR) is 128 cm³/mol. The van der Waals surface area contributed by atoms with E-state index in [9.17, 15) is 20.4 Å². The topological polar surface area (TPSA) is 116 Å². The van der Waals surface area contributed by atoms with Gasteiger partial charge in [-0.15, -0.1) is 0 Å². The molecule has 4 rings (SSSR count). The summed E-state index contributed by atoms with van der Waals surface area (Å²) in [5.74, 6) is -3.77. The second-order valence-electron chi connectivity index (χ2n) is 8.36. The summed E-state index contributed by atoms with van der Waals surface area (Å²) in [6.45, 7) is 5.91. The van der Waals surface area contributed by atoms with E-state index in [2.05, 4.69) is 23.7 Å². The SMILES string of the molecule is C=C(/C=C\C(C#N)=C/C)[C@@]12Oc3cc(Cl)cnc3[C@]1(O)[C@@H](C#N)[C@H](C(=O)OC)[C@H]2c1ccccc1. The van der Waals surface area contributed by atoms with E-state index in [0.29, 0.717) is 11.1 Å². The van der Waals surface area contributed by atoms with E-state index in [-0.39, 0.29) is 22.0 Å². The van der Waals surface area contributed by atoms with Gasteiger partial charge >= 0.3 is 5.97 Å². The van der Waals surface area contributed by atoms with Gasteiger partial charge in [0.2, 0.25) is 0 Å². The number of nitrogens with zero attached hydrogens (tertiary/aromatic N) is 3. The first kappa shape index (κ1) is 24.2. The number of esters is 1. The molecule has 176 valence electrons. The monoisotopic (exact) mass is 487 g/mol. The quantitative estimate of drug-likeness (QED) is 0.378. The summed E-state index contributed by atoms with van der Waals surface area (Å²) in [6.07, 6.45) is 6.07. The molecule has 7 nitrogen and oxygen atoms in total. The van der Waals surface area contributed by atoms with E-state index >= 15 is 0 Å². The number of hydrogen-bond acceptors (Lipinski definition) is 7. The number of rotatable bonds is 5. The van der Waals surface area contributed by atoms with Gasteiger partial charge in [-0.25, -0.2) is 0 Å². The van der Waals surface area contributed by atoms with Crippen LogP contribution in [0.4, 0.5) is 0 Å². The fraction of sp³-hybridized carbons (Fsp3) is 0.259. The van der Waals surface area contributed by atoms with Crippen LogP contribution in [0.2, 0.25) is 5.02 Å². The molecule has 5 atom stereocenters. The summed E-state index contributed by atoms with van der Waals surface area (Å²) in [5, 5.41) is 32.4. The van der Waals surface area contributed by atoms with Gasteiger partial charge in [-0.05, 0) is 24.1 Å². The lowest BCUT2D eigenvalue weighted by atomic mass is 9.71. The zero-order valence-corrected chi connectivity index (χ0v) is 19.9. The highest BCUT2D eigenvalue weighted by Gasteiger charge is 2.78. The molecule has 0 unspecified atom stereocenters. The van der Waals surface area contributed by atoms with E-state index in [1.165, 1.54) is 19.4 Å². The average molecular weight is 488 g/mol. The molecule has 0 radical (unpaired) electrons. The maximum absolute atomic E-state index is 13.1. The third-order valence-electron chi connectivity index (χ3n) is 6.78. The van der Waals surface area contributed by atoms with Crippen molar-refractivity contribution in [3.63, 3.8) is 0 Å². The van der Waals surface area contributed by atoms with Gasteiger partial charge in [0.15, 0.2) is 11.2 Å². The third-order valence-corrected chi connectivity index (χ3v) is 6.98. The highest BCUT2D eigenvalue weighted by Crippen LogP contribution is 2.68. The van der Waals surface area contributed by atoms with Crippen LogP contribution in [0, 0.1) is 34.5 Å². The van der Waals surface area contributed by atoms with E-state index in [1.807, 2.05) is 6.07 Å². The van der Waals surface area contributed by atoms with Gasteiger partial charge in [0.1, 0.15) is 11.4 Å². The van der Waals surface area contributed by atoms with Gasteiger partial charge in [0.25, 0.3) is 0 Å². The Labute approximate surface area is 208 Å². The molecule has 2 heterocycles. The van der Waals surface area contributed by atoms with Crippen LogP contribution in [-0.4, -0.2) is 28.8 Å². The Bertz CT molecular complexity index is 1340. The van der Waals surface area contributed by atoms with Crippen molar-refractivity contribution in [2.75, 3.05) is 7.11 Å². The maximum atomic E-state index is 13.1. The number of carbonyl (C=O) groups excluding carboxylic acids is 1. The number of ether oxygens (including phenoxy) is 2. The first-order valence-corrected chi connectivity index (χ1v) is 11.2. The van der Waals surface area contributed by atoms with Gasteiger partial charge < -0.3 is 14.6 Å². The Morgan fingerprint density at radius 2 is 2.03 bits per heavy atom. The highest BCUT2D eigenvalue weighted by molar-refractivity contribution is 6.30. The van der Waals surface area contributed by atoms with Crippen LogP contribution in [0.5, 0.6) is 5.75 Å². The van der Waals surface area contributed by atoms with Crippen LogP contribution in [-0.2, 0) is 15.1 Å². The summed E-state index contributed by atoms with van der Waals surface area (Å²) < 4.78 is 11.6. The molecule has 2 aliphatic rings. The number of pyridine rings is 1. The van der Waals surface area contributed by atoms with Crippen molar-refractivity contribution in [3.05, 3.63) is 94.8 Å². The van der Waals surface area contributed by atoms with Gasteiger partial charge in [0, 0.05) is 23.8 Å². The molecule has 1 fully saturated rings. The third kappa shape index (κ3) is 3.36. The van der Waals surface area contributed by atoms with E-state index < -0.39 is 34.9 Å². The average Bonchev–Trinajstić information content (AvgIpc) is 3.25. The number of benzene rings is 1. The number of nitriles is 2. The Balaban J connectivity index is 2.07. The molecule has 1 aliphatic carbocycles. The number of hydrogen-bond donors (Lipinski definition) is 1. The van der Waals surface area contributed by atoms with E-state index in [1.54, 1.807) is 49.4 Å². The Kier molecular flexibility index (Phi) is 6.25. The first-order valence-electron chi connectivity index (χ1n) is 10.8. The molecule has 1 N–H and O–H groups in total. The molecular formula is C27H22ClN3O4. The van der Waals surface area contributed by atoms with Gasteiger partial charge in [-0.2, -0.15) is 10.5 Å². The van der Waals surface area contributed by atoms with Crippen molar-refractivity contribution in [2.45, 2.75) is 24.0 Å². The van der Waals surface area contributed by atoms with Crippen LogP contribution >= 0.6 is 11.6 Å². The summed E-state index contributed by atoms with van der Waals surface area (Å²) in [7, 11) is 1.23. The number of aromatic nitrogens is 1. The fourth-order valence-corrected chi connectivity index (χ4v) is 5.45. The van der Waals surface area contributed by atoms with Gasteiger partial charge in [-0.1, -0.05) is 60.7 Å². The Morgan fingerprint density at radius 3 is 2.63 bits per heavy atom.